The summed E-state index contributed by atoms with van der Waals surface area (Å²) in [4.78, 5) is 11.8. The van der Waals surface area contributed by atoms with E-state index in [1.54, 1.807) is 12.3 Å². The van der Waals surface area contributed by atoms with E-state index in [0.29, 0.717) is 6.54 Å². The van der Waals surface area contributed by atoms with E-state index in [1.165, 1.54) is 6.07 Å². The molecule has 2 N–H and O–H groups in total. The summed E-state index contributed by atoms with van der Waals surface area (Å²) in [6.45, 7) is 0.315. The number of hydrogen-bond acceptors (Lipinski definition) is 4. The Kier molecular flexibility index (Phi) is 3.55. The van der Waals surface area contributed by atoms with Crippen LogP contribution in [-0.4, -0.2) is 26.3 Å². The van der Waals surface area contributed by atoms with Crippen LogP contribution in [0.25, 0.3) is 0 Å². The van der Waals surface area contributed by atoms with Crippen molar-refractivity contribution in [1.82, 2.24) is 25.7 Å². The molecule has 6 nitrogen and oxygen atoms in total. The highest BCUT2D eigenvalue weighted by Gasteiger charge is 2.12. The lowest BCUT2D eigenvalue weighted by Gasteiger charge is -2.04. The maximum atomic E-state index is 11.8. The molecule has 0 saturated carbocycles. The summed E-state index contributed by atoms with van der Waals surface area (Å²) in [5.74, 6) is -0.374. The van der Waals surface area contributed by atoms with Crippen molar-refractivity contribution >= 4 is 29.1 Å². The summed E-state index contributed by atoms with van der Waals surface area (Å²) < 4.78 is 0. The first-order valence-corrected chi connectivity index (χ1v) is 5.37. The zero-order valence-electron chi connectivity index (χ0n) is 8.44. The molecule has 2 aromatic rings. The Balaban J connectivity index is 2.07. The van der Waals surface area contributed by atoms with Crippen LogP contribution in [-0.2, 0) is 6.54 Å². The number of hydrogen-bond donors (Lipinski definition) is 2. The van der Waals surface area contributed by atoms with Gasteiger partial charge in [0.25, 0.3) is 5.91 Å². The Hall–Kier alpha value is -1.66. The summed E-state index contributed by atoms with van der Waals surface area (Å²) in [5.41, 5.74) is 0.966. The number of nitrogens with one attached hydrogen (secondary N) is 2. The number of aromatic nitrogens is 4. The van der Waals surface area contributed by atoms with Crippen LogP contribution in [0.3, 0.4) is 0 Å². The number of amides is 1. The fourth-order valence-corrected chi connectivity index (χ4v) is 1.49. The highest BCUT2D eigenvalue weighted by Crippen LogP contribution is 2.15. The van der Waals surface area contributed by atoms with E-state index in [0.717, 1.165) is 5.69 Å². The van der Waals surface area contributed by atoms with Crippen molar-refractivity contribution in [1.29, 1.82) is 0 Å². The van der Waals surface area contributed by atoms with Gasteiger partial charge in [0.15, 0.2) is 10.3 Å². The normalized spacial score (nSPS) is 10.2. The van der Waals surface area contributed by atoms with E-state index >= 15 is 0 Å². The molecule has 0 spiro atoms. The van der Waals surface area contributed by atoms with Crippen LogP contribution in [0.2, 0.25) is 10.3 Å². The number of aromatic amines is 1. The summed E-state index contributed by atoms with van der Waals surface area (Å²) in [5, 5.41) is 16.3. The van der Waals surface area contributed by atoms with Crippen molar-refractivity contribution in [3.63, 3.8) is 0 Å². The first-order chi connectivity index (χ1) is 8.16. The number of H-pyrrole nitrogens is 1. The standard InChI is InChI=1S/C9H7Cl2N5O/c10-7-3-6(8(11)16-15-7)9(17)12-4-5-1-2-13-14-5/h1-3H,4H2,(H,12,17)(H,13,14). The van der Waals surface area contributed by atoms with Crippen LogP contribution in [0, 0.1) is 0 Å². The van der Waals surface area contributed by atoms with Crippen molar-refractivity contribution in [2.24, 2.45) is 0 Å². The molecular weight excluding hydrogens is 265 g/mol. The van der Waals surface area contributed by atoms with Crippen LogP contribution in [0.5, 0.6) is 0 Å². The summed E-state index contributed by atoms with van der Waals surface area (Å²) in [6.07, 6.45) is 1.60. The lowest BCUT2D eigenvalue weighted by atomic mass is 10.3. The van der Waals surface area contributed by atoms with Gasteiger partial charge in [0, 0.05) is 6.20 Å². The van der Waals surface area contributed by atoms with Crippen LogP contribution < -0.4 is 5.32 Å². The van der Waals surface area contributed by atoms with Gasteiger partial charge in [-0.25, -0.2) is 0 Å². The molecule has 88 valence electrons. The minimum atomic E-state index is -0.374. The number of halogens is 2. The highest BCUT2D eigenvalue weighted by molar-refractivity contribution is 6.34. The zero-order valence-corrected chi connectivity index (χ0v) is 9.96. The molecule has 2 heterocycles. The second-order valence-electron chi connectivity index (χ2n) is 3.14. The largest absolute Gasteiger partial charge is 0.346 e. The first kappa shape index (κ1) is 11.8. The van der Waals surface area contributed by atoms with Crippen molar-refractivity contribution in [3.8, 4) is 0 Å². The molecule has 0 atom stereocenters. The van der Waals surface area contributed by atoms with Gasteiger partial charge in [-0.15, -0.1) is 10.2 Å². The predicted molar refractivity (Wildman–Crippen MR) is 61.8 cm³/mol. The summed E-state index contributed by atoms with van der Waals surface area (Å²) in [7, 11) is 0. The van der Waals surface area contributed by atoms with Crippen molar-refractivity contribution < 1.29 is 4.79 Å². The quantitative estimate of drug-likeness (QED) is 0.885. The van der Waals surface area contributed by atoms with Gasteiger partial charge in [-0.1, -0.05) is 23.2 Å². The molecule has 0 saturated heterocycles. The van der Waals surface area contributed by atoms with Gasteiger partial charge in [-0.3, -0.25) is 9.89 Å². The lowest BCUT2D eigenvalue weighted by Crippen LogP contribution is -2.23. The van der Waals surface area contributed by atoms with Crippen molar-refractivity contribution in [2.75, 3.05) is 0 Å². The summed E-state index contributed by atoms with van der Waals surface area (Å²) >= 11 is 11.4. The van der Waals surface area contributed by atoms with E-state index in [-0.39, 0.29) is 21.8 Å². The Morgan fingerprint density at radius 3 is 2.94 bits per heavy atom. The molecule has 0 aliphatic heterocycles. The van der Waals surface area contributed by atoms with Gasteiger partial charge in [-0.05, 0) is 12.1 Å². The Labute approximate surface area is 106 Å². The van der Waals surface area contributed by atoms with Crippen LogP contribution >= 0.6 is 23.2 Å². The maximum absolute atomic E-state index is 11.8. The minimum absolute atomic E-state index is 0.0107. The Morgan fingerprint density at radius 2 is 2.24 bits per heavy atom. The fraction of sp³-hybridized carbons (Fsp3) is 0.111. The molecule has 0 radical (unpaired) electrons. The summed E-state index contributed by atoms with van der Waals surface area (Å²) in [6, 6.07) is 3.11. The van der Waals surface area contributed by atoms with Crippen molar-refractivity contribution in [3.05, 3.63) is 39.9 Å². The van der Waals surface area contributed by atoms with Gasteiger partial charge in [0.1, 0.15) is 0 Å². The maximum Gasteiger partial charge on any atom is 0.254 e. The Bertz CT molecular complexity index is 528. The van der Waals surface area contributed by atoms with E-state index in [4.69, 9.17) is 23.2 Å². The molecule has 17 heavy (non-hydrogen) atoms. The lowest BCUT2D eigenvalue weighted by molar-refractivity contribution is 0.0950. The van der Waals surface area contributed by atoms with E-state index in [1.807, 2.05) is 0 Å². The number of nitrogens with zero attached hydrogens (tertiary/aromatic N) is 3. The van der Waals surface area contributed by atoms with E-state index in [2.05, 4.69) is 25.7 Å². The third-order valence-corrected chi connectivity index (χ3v) is 2.43. The topological polar surface area (TPSA) is 83.6 Å². The third kappa shape index (κ3) is 2.92. The second kappa shape index (κ2) is 5.11. The molecule has 0 fully saturated rings. The molecule has 0 aliphatic carbocycles. The van der Waals surface area contributed by atoms with Crippen molar-refractivity contribution in [2.45, 2.75) is 6.54 Å². The monoisotopic (exact) mass is 271 g/mol. The van der Waals surface area contributed by atoms with Crippen LogP contribution in [0.4, 0.5) is 0 Å². The molecule has 0 aromatic carbocycles. The number of carbonyl (C=O) groups is 1. The van der Waals surface area contributed by atoms with Gasteiger partial charge in [0.05, 0.1) is 17.8 Å². The molecule has 0 aliphatic rings. The third-order valence-electron chi connectivity index (χ3n) is 1.96. The molecular formula is C9H7Cl2N5O. The predicted octanol–water partition coefficient (Wildman–Crippen LogP) is 1.44. The molecule has 2 rings (SSSR count). The Morgan fingerprint density at radius 1 is 1.41 bits per heavy atom. The molecule has 0 bridgehead atoms. The van der Waals surface area contributed by atoms with Gasteiger partial charge in [0.2, 0.25) is 0 Å². The number of rotatable bonds is 3. The fourth-order valence-electron chi connectivity index (χ4n) is 1.17. The average Bonchev–Trinajstić information content (AvgIpc) is 2.82. The van der Waals surface area contributed by atoms with Crippen LogP contribution in [0.1, 0.15) is 16.1 Å². The zero-order chi connectivity index (χ0) is 12.3. The molecule has 0 unspecified atom stereocenters. The van der Waals surface area contributed by atoms with Crippen LogP contribution in [0.15, 0.2) is 18.3 Å². The van der Waals surface area contributed by atoms with E-state index in [9.17, 15) is 4.79 Å². The second-order valence-corrected chi connectivity index (χ2v) is 3.88. The number of carbonyl (C=O) groups excluding carboxylic acids is 1. The average molecular weight is 272 g/mol. The molecule has 2 aromatic heterocycles. The molecule has 1 amide bonds. The van der Waals surface area contributed by atoms with E-state index < -0.39 is 0 Å². The minimum Gasteiger partial charge on any atom is -0.346 e. The highest BCUT2D eigenvalue weighted by atomic mass is 35.5. The SMILES string of the molecule is O=C(NCc1ccn[nH]1)c1cc(Cl)nnc1Cl. The van der Waals surface area contributed by atoms with Gasteiger partial charge < -0.3 is 5.32 Å². The van der Waals surface area contributed by atoms with Gasteiger partial charge in [-0.2, -0.15) is 5.10 Å². The van der Waals surface area contributed by atoms with Gasteiger partial charge >= 0.3 is 0 Å². The smallest absolute Gasteiger partial charge is 0.254 e. The first-order valence-electron chi connectivity index (χ1n) is 4.62. The molecule has 8 heteroatoms.